The molecule has 1 aliphatic heterocycles. The fourth-order valence-corrected chi connectivity index (χ4v) is 3.80. The van der Waals surface area contributed by atoms with E-state index >= 15 is 0 Å². The molecule has 0 aliphatic carbocycles. The lowest BCUT2D eigenvalue weighted by Gasteiger charge is -2.24. The van der Waals surface area contributed by atoms with Crippen LogP contribution in [0.15, 0.2) is 48.5 Å². The highest BCUT2D eigenvalue weighted by Gasteiger charge is 2.36. The van der Waals surface area contributed by atoms with Crippen LogP contribution in [0.5, 0.6) is 0 Å². The van der Waals surface area contributed by atoms with Crippen molar-refractivity contribution in [3.63, 3.8) is 0 Å². The molecule has 2 aromatic carbocycles. The van der Waals surface area contributed by atoms with E-state index in [9.17, 15) is 9.18 Å². The van der Waals surface area contributed by atoms with Gasteiger partial charge in [0.05, 0.1) is 12.6 Å². The summed E-state index contributed by atoms with van der Waals surface area (Å²) >= 11 is 6.33. The molecular weight excluding hydrogens is 393 g/mol. The number of methoxy groups -OCH3 is 1. The highest BCUT2D eigenvalue weighted by Crippen LogP contribution is 2.24. The number of benzene rings is 2. The average Bonchev–Trinajstić information content (AvgIpc) is 3.12. The third-order valence-corrected chi connectivity index (χ3v) is 5.52. The van der Waals surface area contributed by atoms with Crippen LogP contribution in [0.4, 0.5) is 4.39 Å². The normalized spacial score (nSPS) is 19.4. The molecule has 1 aliphatic rings. The van der Waals surface area contributed by atoms with Crippen LogP contribution in [0.2, 0.25) is 5.02 Å². The molecule has 1 saturated heterocycles. The highest BCUT2D eigenvalue weighted by molar-refractivity contribution is 6.31. The maximum Gasteiger partial charge on any atom is 0.237 e. The van der Waals surface area contributed by atoms with Crippen LogP contribution in [0, 0.1) is 5.82 Å². The van der Waals surface area contributed by atoms with E-state index in [1.54, 1.807) is 19.2 Å². The lowest BCUT2D eigenvalue weighted by Crippen LogP contribution is -2.43. The summed E-state index contributed by atoms with van der Waals surface area (Å²) in [6.07, 6.45) is 0.699. The molecule has 156 valence electrons. The van der Waals surface area contributed by atoms with Crippen LogP contribution >= 0.6 is 11.6 Å². The number of halogens is 2. The van der Waals surface area contributed by atoms with E-state index < -0.39 is 0 Å². The maximum atomic E-state index is 13.1. The van der Waals surface area contributed by atoms with Crippen LogP contribution in [0.25, 0.3) is 0 Å². The number of carbonyl (C=O) groups excluding carboxylic acids is 1. The van der Waals surface area contributed by atoms with Gasteiger partial charge >= 0.3 is 0 Å². The molecule has 1 heterocycles. The minimum Gasteiger partial charge on any atom is -0.383 e. The van der Waals surface area contributed by atoms with Crippen molar-refractivity contribution in [2.75, 3.05) is 26.8 Å². The Balaban J connectivity index is 1.64. The summed E-state index contributed by atoms with van der Waals surface area (Å²) in [5.41, 5.74) is 2.01. The number of hydrogen-bond acceptors (Lipinski definition) is 4. The SMILES string of the molecule is COCCNC(=O)[C@@H]1C[C@@H](NCc2ccc(F)cc2)CN1Cc1ccccc1Cl. The summed E-state index contributed by atoms with van der Waals surface area (Å²) in [5.74, 6) is -0.242. The summed E-state index contributed by atoms with van der Waals surface area (Å²) in [6, 6.07) is 14.1. The summed E-state index contributed by atoms with van der Waals surface area (Å²) < 4.78 is 18.1. The van der Waals surface area contributed by atoms with Gasteiger partial charge in [-0.15, -0.1) is 0 Å². The first-order chi connectivity index (χ1) is 14.1. The fourth-order valence-electron chi connectivity index (χ4n) is 3.60. The zero-order chi connectivity index (χ0) is 20.6. The molecule has 2 aromatic rings. The van der Waals surface area contributed by atoms with Gasteiger partial charge in [0.25, 0.3) is 0 Å². The molecule has 0 bridgehead atoms. The number of nitrogens with one attached hydrogen (secondary N) is 2. The number of carbonyl (C=O) groups is 1. The quantitative estimate of drug-likeness (QED) is 0.613. The Morgan fingerprint density at radius 1 is 1.24 bits per heavy atom. The number of hydrogen-bond donors (Lipinski definition) is 2. The molecule has 0 aromatic heterocycles. The summed E-state index contributed by atoms with van der Waals surface area (Å²) in [7, 11) is 1.61. The van der Waals surface area contributed by atoms with Gasteiger partial charge in [0.2, 0.25) is 5.91 Å². The topological polar surface area (TPSA) is 53.6 Å². The molecule has 2 atom stereocenters. The molecule has 0 spiro atoms. The molecule has 1 amide bonds. The van der Waals surface area contributed by atoms with Crippen molar-refractivity contribution in [3.05, 3.63) is 70.5 Å². The molecule has 2 N–H and O–H groups in total. The van der Waals surface area contributed by atoms with Crippen LogP contribution in [0.3, 0.4) is 0 Å². The molecule has 0 saturated carbocycles. The second-order valence-electron chi connectivity index (χ2n) is 7.26. The Morgan fingerprint density at radius 2 is 2.00 bits per heavy atom. The second-order valence-corrected chi connectivity index (χ2v) is 7.67. The van der Waals surface area contributed by atoms with Crippen molar-refractivity contribution in [1.29, 1.82) is 0 Å². The Bertz CT molecular complexity index is 803. The van der Waals surface area contributed by atoms with E-state index in [1.165, 1.54) is 12.1 Å². The monoisotopic (exact) mass is 419 g/mol. The van der Waals surface area contributed by atoms with Gasteiger partial charge in [0.1, 0.15) is 5.82 Å². The molecule has 3 rings (SSSR count). The first kappa shape index (κ1) is 21.7. The summed E-state index contributed by atoms with van der Waals surface area (Å²) in [5, 5.41) is 7.15. The van der Waals surface area contributed by atoms with Crippen molar-refractivity contribution in [1.82, 2.24) is 15.5 Å². The number of ether oxygens (including phenoxy) is 1. The van der Waals surface area contributed by atoms with Gasteiger partial charge in [-0.25, -0.2) is 4.39 Å². The van der Waals surface area contributed by atoms with E-state index in [0.717, 1.165) is 17.7 Å². The van der Waals surface area contributed by atoms with Gasteiger partial charge in [0, 0.05) is 44.4 Å². The maximum absolute atomic E-state index is 13.1. The zero-order valence-electron chi connectivity index (χ0n) is 16.5. The van der Waals surface area contributed by atoms with E-state index in [-0.39, 0.29) is 23.8 Å². The van der Waals surface area contributed by atoms with Gasteiger partial charge < -0.3 is 15.4 Å². The first-order valence-corrected chi connectivity index (χ1v) is 10.2. The van der Waals surface area contributed by atoms with Crippen molar-refractivity contribution >= 4 is 17.5 Å². The van der Waals surface area contributed by atoms with Gasteiger partial charge in [-0.05, 0) is 35.7 Å². The van der Waals surface area contributed by atoms with E-state index in [0.29, 0.717) is 37.7 Å². The lowest BCUT2D eigenvalue weighted by molar-refractivity contribution is -0.125. The van der Waals surface area contributed by atoms with Gasteiger partial charge in [-0.2, -0.15) is 0 Å². The Morgan fingerprint density at radius 3 is 2.72 bits per heavy atom. The zero-order valence-corrected chi connectivity index (χ0v) is 17.3. The molecule has 5 nitrogen and oxygen atoms in total. The second kappa shape index (κ2) is 10.7. The van der Waals surface area contributed by atoms with E-state index in [2.05, 4.69) is 15.5 Å². The standard InChI is InChI=1S/C22H27ClFN3O2/c1-29-11-10-25-22(28)21-12-19(26-13-16-6-8-18(24)9-7-16)15-27(21)14-17-4-2-3-5-20(17)23/h2-9,19,21,26H,10-15H2,1H3,(H,25,28)/t19-,21+/m1/s1. The first-order valence-electron chi connectivity index (χ1n) is 9.78. The molecule has 1 fully saturated rings. The molecule has 29 heavy (non-hydrogen) atoms. The van der Waals surface area contributed by atoms with Crippen molar-refractivity contribution < 1.29 is 13.9 Å². The Labute approximate surface area is 176 Å². The molecular formula is C22H27ClFN3O2. The van der Waals surface area contributed by atoms with Crippen LogP contribution in [-0.4, -0.2) is 49.7 Å². The number of nitrogens with zero attached hydrogens (tertiary/aromatic N) is 1. The smallest absolute Gasteiger partial charge is 0.237 e. The van der Waals surface area contributed by atoms with Crippen molar-refractivity contribution in [3.8, 4) is 0 Å². The van der Waals surface area contributed by atoms with Crippen LogP contribution < -0.4 is 10.6 Å². The van der Waals surface area contributed by atoms with Crippen molar-refractivity contribution in [2.45, 2.75) is 31.6 Å². The van der Waals surface area contributed by atoms with Crippen molar-refractivity contribution in [2.24, 2.45) is 0 Å². The molecule has 7 heteroatoms. The van der Waals surface area contributed by atoms with Gasteiger partial charge in [0.15, 0.2) is 0 Å². The number of likely N-dealkylation sites (tertiary alicyclic amines) is 1. The molecule has 0 radical (unpaired) electrons. The fraction of sp³-hybridized carbons (Fsp3) is 0.409. The Hall–Kier alpha value is -1.99. The predicted molar refractivity (Wildman–Crippen MR) is 112 cm³/mol. The third kappa shape index (κ3) is 6.24. The minimum absolute atomic E-state index is 0.000172. The van der Waals surface area contributed by atoms with Gasteiger partial charge in [-0.3, -0.25) is 9.69 Å². The lowest BCUT2D eigenvalue weighted by atomic mass is 10.1. The summed E-state index contributed by atoms with van der Waals surface area (Å²) in [6.45, 7) is 2.93. The average molecular weight is 420 g/mol. The van der Waals surface area contributed by atoms with Crippen LogP contribution in [0.1, 0.15) is 17.5 Å². The largest absolute Gasteiger partial charge is 0.383 e. The summed E-state index contributed by atoms with van der Waals surface area (Å²) in [4.78, 5) is 14.9. The Kier molecular flexibility index (Phi) is 8.00. The van der Waals surface area contributed by atoms with E-state index in [4.69, 9.17) is 16.3 Å². The number of rotatable bonds is 9. The molecule has 0 unspecified atom stereocenters. The number of amides is 1. The predicted octanol–water partition coefficient (Wildman–Crippen LogP) is 2.97. The van der Waals surface area contributed by atoms with E-state index in [1.807, 2.05) is 24.3 Å². The van der Waals surface area contributed by atoms with Gasteiger partial charge in [-0.1, -0.05) is 41.9 Å². The highest BCUT2D eigenvalue weighted by atomic mass is 35.5. The minimum atomic E-state index is -0.242. The van der Waals surface area contributed by atoms with Crippen LogP contribution in [-0.2, 0) is 22.6 Å². The third-order valence-electron chi connectivity index (χ3n) is 5.15.